The molecule has 0 aliphatic heterocycles. The maximum Gasteiger partial charge on any atom is 0.215 e. The molecule has 1 heterocycles. The van der Waals surface area contributed by atoms with Crippen molar-refractivity contribution < 1.29 is 4.39 Å². The number of imidazole rings is 1. The van der Waals surface area contributed by atoms with E-state index in [0.717, 1.165) is 11.3 Å². The number of nitrogens with one attached hydrogen (secondary N) is 2. The maximum atomic E-state index is 13.0. The Morgan fingerprint density at radius 2 is 2.27 bits per heavy atom. The van der Waals surface area contributed by atoms with Gasteiger partial charge >= 0.3 is 0 Å². The minimum atomic E-state index is -0.280. The predicted octanol–water partition coefficient (Wildman–Crippen LogP) is 1.81. The smallest absolute Gasteiger partial charge is 0.215 e. The summed E-state index contributed by atoms with van der Waals surface area (Å²) in [5.41, 5.74) is 4.68. The number of anilines is 1. The Kier molecular flexibility index (Phi) is 2.39. The third-order valence-corrected chi connectivity index (χ3v) is 2.12. The lowest BCUT2D eigenvalue weighted by Gasteiger charge is -1.97. The van der Waals surface area contributed by atoms with Gasteiger partial charge in [-0.05, 0) is 19.1 Å². The number of aromatic amines is 1. The molecule has 1 aromatic heterocycles. The number of H-pyrrole nitrogens is 1. The van der Waals surface area contributed by atoms with Gasteiger partial charge in [0.2, 0.25) is 5.95 Å². The first-order valence-electron chi connectivity index (χ1n) is 4.50. The topological polar surface area (TPSA) is 66.7 Å². The van der Waals surface area contributed by atoms with Gasteiger partial charge in [-0.15, -0.1) is 0 Å². The van der Waals surface area contributed by atoms with Crippen LogP contribution in [0.3, 0.4) is 0 Å². The standard InChI is InChI=1S/C10H11FN4/c1-6-9(14-10(13-6)15-12)7-3-2-4-8(11)5-7/h2-5H,12H2,1H3,(H2,13,14,15). The van der Waals surface area contributed by atoms with Crippen molar-refractivity contribution in [2.75, 3.05) is 5.43 Å². The van der Waals surface area contributed by atoms with Crippen LogP contribution in [0, 0.1) is 12.7 Å². The number of aromatic nitrogens is 2. The van der Waals surface area contributed by atoms with Gasteiger partial charge in [0.05, 0.1) is 5.69 Å². The number of nitrogens with zero attached hydrogens (tertiary/aromatic N) is 1. The van der Waals surface area contributed by atoms with Crippen LogP contribution in [0.2, 0.25) is 0 Å². The molecule has 0 saturated carbocycles. The molecule has 4 nitrogen and oxygen atoms in total. The number of rotatable bonds is 2. The lowest BCUT2D eigenvalue weighted by molar-refractivity contribution is 0.628. The molecule has 0 radical (unpaired) electrons. The number of nitrogen functional groups attached to an aromatic ring is 1. The molecule has 0 saturated heterocycles. The van der Waals surface area contributed by atoms with Crippen molar-refractivity contribution in [3.63, 3.8) is 0 Å². The van der Waals surface area contributed by atoms with Gasteiger partial charge in [-0.25, -0.2) is 15.2 Å². The van der Waals surface area contributed by atoms with Crippen molar-refractivity contribution in [1.29, 1.82) is 0 Å². The van der Waals surface area contributed by atoms with Crippen LogP contribution in [0.25, 0.3) is 11.3 Å². The van der Waals surface area contributed by atoms with Crippen LogP contribution in [0.1, 0.15) is 5.69 Å². The van der Waals surface area contributed by atoms with Crippen LogP contribution >= 0.6 is 0 Å². The molecule has 0 amide bonds. The molecule has 0 fully saturated rings. The second-order valence-corrected chi connectivity index (χ2v) is 3.21. The van der Waals surface area contributed by atoms with E-state index in [1.165, 1.54) is 12.1 Å². The number of aryl methyl sites for hydroxylation is 1. The zero-order valence-corrected chi connectivity index (χ0v) is 8.21. The Labute approximate surface area is 86.3 Å². The summed E-state index contributed by atoms with van der Waals surface area (Å²) in [5, 5.41) is 0. The molecule has 0 aliphatic rings. The summed E-state index contributed by atoms with van der Waals surface area (Å²) in [4.78, 5) is 7.12. The highest BCUT2D eigenvalue weighted by atomic mass is 19.1. The molecule has 2 aromatic rings. The maximum absolute atomic E-state index is 13.0. The van der Waals surface area contributed by atoms with Crippen LogP contribution < -0.4 is 11.3 Å². The second-order valence-electron chi connectivity index (χ2n) is 3.21. The van der Waals surface area contributed by atoms with Gasteiger partial charge in [-0.3, -0.25) is 5.43 Å². The van der Waals surface area contributed by atoms with E-state index in [4.69, 9.17) is 5.84 Å². The molecule has 0 unspecified atom stereocenters. The molecule has 78 valence electrons. The summed E-state index contributed by atoms with van der Waals surface area (Å²) in [6.07, 6.45) is 0. The first kappa shape index (κ1) is 9.67. The summed E-state index contributed by atoms with van der Waals surface area (Å²) in [6.45, 7) is 1.86. The van der Waals surface area contributed by atoms with Crippen molar-refractivity contribution in [2.45, 2.75) is 6.92 Å². The summed E-state index contributed by atoms with van der Waals surface area (Å²) in [5.74, 6) is 5.41. The second kappa shape index (κ2) is 3.70. The van der Waals surface area contributed by atoms with E-state index < -0.39 is 0 Å². The van der Waals surface area contributed by atoms with E-state index in [1.807, 2.05) is 6.92 Å². The molecule has 1 aromatic carbocycles. The molecule has 0 bridgehead atoms. The van der Waals surface area contributed by atoms with Crippen molar-refractivity contribution >= 4 is 5.95 Å². The molecule has 0 spiro atoms. The summed E-state index contributed by atoms with van der Waals surface area (Å²) in [6, 6.07) is 6.28. The van der Waals surface area contributed by atoms with Gasteiger partial charge in [0.1, 0.15) is 5.82 Å². The van der Waals surface area contributed by atoms with Crippen molar-refractivity contribution in [2.24, 2.45) is 5.84 Å². The number of hydrogen-bond acceptors (Lipinski definition) is 3. The van der Waals surface area contributed by atoms with Gasteiger partial charge in [-0.2, -0.15) is 0 Å². The number of benzene rings is 1. The Hall–Kier alpha value is -1.88. The summed E-state index contributed by atoms with van der Waals surface area (Å²) < 4.78 is 13.0. The summed E-state index contributed by atoms with van der Waals surface area (Å²) in [7, 11) is 0. The van der Waals surface area contributed by atoms with Crippen molar-refractivity contribution in [3.8, 4) is 11.3 Å². The van der Waals surface area contributed by atoms with E-state index in [9.17, 15) is 4.39 Å². The van der Waals surface area contributed by atoms with Gasteiger partial charge in [0.15, 0.2) is 0 Å². The Bertz CT molecular complexity index is 478. The number of hydrazine groups is 1. The normalized spacial score (nSPS) is 10.3. The number of halogens is 1. The predicted molar refractivity (Wildman–Crippen MR) is 56.5 cm³/mol. The van der Waals surface area contributed by atoms with E-state index >= 15 is 0 Å². The first-order chi connectivity index (χ1) is 7.20. The molecule has 0 atom stereocenters. The minimum Gasteiger partial charge on any atom is -0.327 e. The zero-order valence-electron chi connectivity index (χ0n) is 8.21. The molecule has 4 N–H and O–H groups in total. The number of hydrogen-bond donors (Lipinski definition) is 3. The van der Waals surface area contributed by atoms with E-state index in [2.05, 4.69) is 15.4 Å². The molecular formula is C10H11FN4. The molecule has 5 heteroatoms. The van der Waals surface area contributed by atoms with Crippen LogP contribution in [-0.4, -0.2) is 9.97 Å². The third-order valence-electron chi connectivity index (χ3n) is 2.12. The van der Waals surface area contributed by atoms with E-state index in [-0.39, 0.29) is 5.82 Å². The third kappa shape index (κ3) is 1.82. The highest BCUT2D eigenvalue weighted by molar-refractivity contribution is 5.63. The van der Waals surface area contributed by atoms with Gasteiger partial charge in [-0.1, -0.05) is 12.1 Å². The average molecular weight is 206 g/mol. The van der Waals surface area contributed by atoms with E-state index in [1.54, 1.807) is 12.1 Å². The van der Waals surface area contributed by atoms with Crippen molar-refractivity contribution in [3.05, 3.63) is 35.8 Å². The Morgan fingerprint density at radius 1 is 1.47 bits per heavy atom. The SMILES string of the molecule is Cc1[nH]c(NN)nc1-c1cccc(F)c1. The lowest BCUT2D eigenvalue weighted by atomic mass is 10.1. The fraction of sp³-hybridized carbons (Fsp3) is 0.100. The number of nitrogens with two attached hydrogens (primary N) is 1. The van der Waals surface area contributed by atoms with Crippen LogP contribution in [0.15, 0.2) is 24.3 Å². The first-order valence-corrected chi connectivity index (χ1v) is 4.50. The highest BCUT2D eigenvalue weighted by Gasteiger charge is 2.08. The molecule has 2 rings (SSSR count). The fourth-order valence-corrected chi connectivity index (χ4v) is 1.45. The van der Waals surface area contributed by atoms with E-state index in [0.29, 0.717) is 11.6 Å². The zero-order chi connectivity index (χ0) is 10.8. The summed E-state index contributed by atoms with van der Waals surface area (Å²) >= 11 is 0. The van der Waals surface area contributed by atoms with Gasteiger partial charge < -0.3 is 4.98 Å². The van der Waals surface area contributed by atoms with Crippen LogP contribution in [-0.2, 0) is 0 Å². The quantitative estimate of drug-likeness (QED) is 0.518. The minimum absolute atomic E-state index is 0.280. The Morgan fingerprint density at radius 3 is 2.87 bits per heavy atom. The molecular weight excluding hydrogens is 195 g/mol. The molecule has 15 heavy (non-hydrogen) atoms. The molecule has 0 aliphatic carbocycles. The average Bonchev–Trinajstić information content (AvgIpc) is 2.60. The Balaban J connectivity index is 2.48. The van der Waals surface area contributed by atoms with Gasteiger partial charge in [0.25, 0.3) is 0 Å². The lowest BCUT2D eigenvalue weighted by Crippen LogP contribution is -2.07. The largest absolute Gasteiger partial charge is 0.327 e. The van der Waals surface area contributed by atoms with Crippen LogP contribution in [0.5, 0.6) is 0 Å². The highest BCUT2D eigenvalue weighted by Crippen LogP contribution is 2.22. The van der Waals surface area contributed by atoms with Crippen molar-refractivity contribution in [1.82, 2.24) is 9.97 Å². The fourth-order valence-electron chi connectivity index (χ4n) is 1.45. The van der Waals surface area contributed by atoms with Crippen LogP contribution in [0.4, 0.5) is 10.3 Å². The monoisotopic (exact) mass is 206 g/mol. The van der Waals surface area contributed by atoms with Gasteiger partial charge in [0, 0.05) is 11.3 Å².